The highest BCUT2D eigenvalue weighted by Gasteiger charge is 2.42. The lowest BCUT2D eigenvalue weighted by molar-refractivity contribution is 0.265. The Morgan fingerprint density at radius 3 is 2.50 bits per heavy atom. The zero-order valence-corrected chi connectivity index (χ0v) is 13.3. The lowest BCUT2D eigenvalue weighted by Gasteiger charge is -2.28. The average Bonchev–Trinajstić information content (AvgIpc) is 2.95. The van der Waals surface area contributed by atoms with Crippen LogP contribution in [0, 0.1) is 0 Å². The van der Waals surface area contributed by atoms with E-state index in [1.807, 2.05) is 19.9 Å². The summed E-state index contributed by atoms with van der Waals surface area (Å²) in [5, 5.41) is 10.5. The van der Waals surface area contributed by atoms with Gasteiger partial charge in [-0.15, -0.1) is 0 Å². The Balaban J connectivity index is 0.000000704. The lowest BCUT2D eigenvalue weighted by atomic mass is 9.95. The summed E-state index contributed by atoms with van der Waals surface area (Å²) in [6.45, 7) is 8.49. The van der Waals surface area contributed by atoms with Gasteiger partial charge in [0.05, 0.1) is 24.5 Å². The van der Waals surface area contributed by atoms with E-state index in [2.05, 4.69) is 47.7 Å². The van der Waals surface area contributed by atoms with Gasteiger partial charge in [-0.3, -0.25) is 0 Å². The molecule has 108 valence electrons. The van der Waals surface area contributed by atoms with Crippen molar-refractivity contribution < 1.29 is 5.11 Å². The molecule has 0 aliphatic carbocycles. The first-order valence-electron chi connectivity index (χ1n) is 7.04. The molecule has 0 amide bonds. The maximum atomic E-state index is 9.46. The Hall–Kier alpha value is -1.26. The van der Waals surface area contributed by atoms with Crippen LogP contribution in [0.25, 0.3) is 0 Å². The quantitative estimate of drug-likeness (QED) is 0.912. The summed E-state index contributed by atoms with van der Waals surface area (Å²) in [6, 6.07) is 10.7. The number of benzene rings is 1. The summed E-state index contributed by atoms with van der Waals surface area (Å²) in [5.41, 5.74) is 2.15. The van der Waals surface area contributed by atoms with Crippen LogP contribution in [0.2, 0.25) is 0 Å². The first kappa shape index (κ1) is 15.1. The zero-order chi connectivity index (χ0) is 14.8. The van der Waals surface area contributed by atoms with Gasteiger partial charge < -0.3 is 9.67 Å². The highest BCUT2D eigenvalue weighted by molar-refractivity contribution is 8.00. The predicted molar refractivity (Wildman–Crippen MR) is 84.0 cm³/mol. The van der Waals surface area contributed by atoms with E-state index in [4.69, 9.17) is 0 Å². The third-order valence-electron chi connectivity index (χ3n) is 3.39. The number of aliphatic hydroxyl groups is 1. The van der Waals surface area contributed by atoms with Crippen molar-refractivity contribution in [3.05, 3.63) is 47.8 Å². The molecule has 4 heteroatoms. The van der Waals surface area contributed by atoms with E-state index in [9.17, 15) is 5.11 Å². The van der Waals surface area contributed by atoms with E-state index >= 15 is 0 Å². The van der Waals surface area contributed by atoms with Crippen LogP contribution in [0.5, 0.6) is 0 Å². The first-order valence-corrected chi connectivity index (χ1v) is 7.86. The Morgan fingerprint density at radius 2 is 1.90 bits per heavy atom. The highest BCUT2D eigenvalue weighted by atomic mass is 32.2. The van der Waals surface area contributed by atoms with Gasteiger partial charge in [0.25, 0.3) is 0 Å². The van der Waals surface area contributed by atoms with Gasteiger partial charge in [-0.1, -0.05) is 55.9 Å². The van der Waals surface area contributed by atoms with Crippen LogP contribution in [0.3, 0.4) is 0 Å². The van der Waals surface area contributed by atoms with Crippen LogP contribution in [-0.2, 0) is 6.61 Å². The molecule has 3 rings (SSSR count). The summed E-state index contributed by atoms with van der Waals surface area (Å²) < 4.78 is 2.22. The van der Waals surface area contributed by atoms with Crippen LogP contribution in [-0.4, -0.2) is 19.4 Å². The van der Waals surface area contributed by atoms with E-state index in [1.54, 1.807) is 18.0 Å². The minimum atomic E-state index is 0.0347. The lowest BCUT2D eigenvalue weighted by Crippen LogP contribution is -2.26. The molecule has 2 aromatic rings. The molecule has 0 radical (unpaired) electrons. The standard InChI is InChI=1S/C14H16N2OS.C2H6/c1-14(2)12(10-6-4-3-5-7-10)16-11(9-17)8-15-13(16)18-14;1-2/h3-8,12,17H,9H2,1-2H3;1-2H3. The van der Waals surface area contributed by atoms with Crippen molar-refractivity contribution in [2.75, 3.05) is 0 Å². The van der Waals surface area contributed by atoms with Crippen molar-refractivity contribution in [1.29, 1.82) is 0 Å². The molecule has 1 N–H and O–H groups in total. The predicted octanol–water partition coefficient (Wildman–Crippen LogP) is 3.88. The molecule has 0 saturated carbocycles. The number of thioether (sulfide) groups is 1. The Kier molecular flexibility index (Phi) is 4.55. The van der Waals surface area contributed by atoms with E-state index in [-0.39, 0.29) is 17.4 Å². The number of rotatable bonds is 2. The van der Waals surface area contributed by atoms with Gasteiger partial charge in [-0.2, -0.15) is 0 Å². The highest BCUT2D eigenvalue weighted by Crippen LogP contribution is 2.51. The number of hydrogen-bond acceptors (Lipinski definition) is 3. The third kappa shape index (κ3) is 2.50. The van der Waals surface area contributed by atoms with Gasteiger partial charge in [-0.05, 0) is 19.4 Å². The molecular formula is C16H22N2OS. The number of aromatic nitrogens is 2. The smallest absolute Gasteiger partial charge is 0.169 e. The summed E-state index contributed by atoms with van der Waals surface area (Å²) in [4.78, 5) is 4.40. The molecule has 20 heavy (non-hydrogen) atoms. The number of aliphatic hydroxyl groups excluding tert-OH is 1. The van der Waals surface area contributed by atoms with Crippen molar-refractivity contribution >= 4 is 11.8 Å². The fourth-order valence-corrected chi connectivity index (χ4v) is 3.88. The van der Waals surface area contributed by atoms with E-state index in [0.717, 1.165) is 10.9 Å². The second-order valence-corrected chi connectivity index (χ2v) is 6.70. The SMILES string of the molecule is CC.CC1(C)Sc2ncc(CO)n2C1c1ccccc1. The second kappa shape index (κ2) is 6.02. The summed E-state index contributed by atoms with van der Waals surface area (Å²) in [7, 11) is 0. The summed E-state index contributed by atoms with van der Waals surface area (Å²) >= 11 is 1.77. The number of fused-ring (bicyclic) bond motifs is 1. The van der Waals surface area contributed by atoms with Gasteiger partial charge in [0.15, 0.2) is 5.16 Å². The van der Waals surface area contributed by atoms with Crippen molar-refractivity contribution in [3.63, 3.8) is 0 Å². The van der Waals surface area contributed by atoms with Crippen molar-refractivity contribution in [2.24, 2.45) is 0 Å². The first-order chi connectivity index (χ1) is 9.63. The number of hydrogen-bond donors (Lipinski definition) is 1. The topological polar surface area (TPSA) is 38.1 Å². The zero-order valence-electron chi connectivity index (χ0n) is 12.5. The van der Waals surface area contributed by atoms with Gasteiger partial charge >= 0.3 is 0 Å². The molecule has 0 fully saturated rings. The molecule has 1 aromatic heterocycles. The van der Waals surface area contributed by atoms with Crippen LogP contribution in [0.4, 0.5) is 0 Å². The molecule has 1 unspecified atom stereocenters. The van der Waals surface area contributed by atoms with Gasteiger partial charge in [0.1, 0.15) is 0 Å². The molecule has 0 spiro atoms. The molecule has 1 aliphatic heterocycles. The number of nitrogens with zero attached hydrogens (tertiary/aromatic N) is 2. The molecule has 1 aromatic carbocycles. The normalized spacial score (nSPS) is 19.1. The van der Waals surface area contributed by atoms with Crippen molar-refractivity contribution in [2.45, 2.75) is 50.2 Å². The van der Waals surface area contributed by atoms with Crippen LogP contribution >= 0.6 is 11.8 Å². The molecule has 2 heterocycles. The largest absolute Gasteiger partial charge is 0.390 e. The van der Waals surface area contributed by atoms with Crippen LogP contribution in [0.1, 0.15) is 45.0 Å². The maximum Gasteiger partial charge on any atom is 0.169 e. The van der Waals surface area contributed by atoms with Crippen molar-refractivity contribution in [3.8, 4) is 0 Å². The average molecular weight is 290 g/mol. The summed E-state index contributed by atoms with van der Waals surface area (Å²) in [6.07, 6.45) is 1.77. The molecule has 0 saturated heterocycles. The minimum Gasteiger partial charge on any atom is -0.390 e. The minimum absolute atomic E-state index is 0.0347. The number of imidazole rings is 1. The Labute approximate surface area is 125 Å². The van der Waals surface area contributed by atoms with Crippen molar-refractivity contribution in [1.82, 2.24) is 9.55 Å². The van der Waals surface area contributed by atoms with E-state index in [1.165, 1.54) is 5.56 Å². The van der Waals surface area contributed by atoms with E-state index in [0.29, 0.717) is 0 Å². The fraction of sp³-hybridized carbons (Fsp3) is 0.438. The molecule has 1 atom stereocenters. The van der Waals surface area contributed by atoms with Gasteiger partial charge in [0, 0.05) is 4.75 Å². The molecule has 1 aliphatic rings. The van der Waals surface area contributed by atoms with E-state index < -0.39 is 0 Å². The maximum absolute atomic E-state index is 9.46. The molecular weight excluding hydrogens is 268 g/mol. The molecule has 0 bridgehead atoms. The monoisotopic (exact) mass is 290 g/mol. The second-order valence-electron chi connectivity index (χ2n) is 5.08. The van der Waals surface area contributed by atoms with Gasteiger partial charge in [0.2, 0.25) is 0 Å². The Bertz CT molecular complexity index is 563. The Morgan fingerprint density at radius 1 is 1.25 bits per heavy atom. The van der Waals surface area contributed by atoms with Crippen LogP contribution in [0.15, 0.2) is 41.7 Å². The molecule has 3 nitrogen and oxygen atoms in total. The van der Waals surface area contributed by atoms with Crippen LogP contribution < -0.4 is 0 Å². The van der Waals surface area contributed by atoms with Gasteiger partial charge in [-0.25, -0.2) is 4.98 Å². The summed E-state index contributed by atoms with van der Waals surface area (Å²) in [5.74, 6) is 0. The third-order valence-corrected chi connectivity index (χ3v) is 4.62. The fourth-order valence-electron chi connectivity index (χ4n) is 2.63.